The van der Waals surface area contributed by atoms with E-state index >= 15 is 0 Å². The van der Waals surface area contributed by atoms with E-state index in [-0.39, 0.29) is 6.04 Å². The van der Waals surface area contributed by atoms with Crippen molar-refractivity contribution in [3.05, 3.63) is 72.1 Å². The Kier molecular flexibility index (Phi) is 5.07. The molecule has 0 saturated heterocycles. The highest BCUT2D eigenvalue weighted by Crippen LogP contribution is 2.16. The average Bonchev–Trinajstić information content (AvgIpc) is 3.18. The number of anilines is 1. The van der Waals surface area contributed by atoms with E-state index in [0.29, 0.717) is 5.69 Å². The molecule has 3 aromatic rings. The first-order chi connectivity index (χ1) is 12.5. The normalized spacial score (nSPS) is 11.6. The van der Waals surface area contributed by atoms with E-state index in [2.05, 4.69) is 20.9 Å². The topological polar surface area (TPSA) is 88.9 Å². The standard InChI is InChI=1S/C19H19N5O2/c1-13-5-3-4-6-17(13)22-19(26)18(25)21-14(2)15-7-9-16(10-8-15)24-12-11-20-23-24/h3-12,14H,1-2H3,(H,21,25)(H,22,26)/t14-/m1/s1. The first-order valence-electron chi connectivity index (χ1n) is 8.19. The maximum atomic E-state index is 12.2. The predicted octanol–water partition coefficient (Wildman–Crippen LogP) is 2.39. The third-order valence-corrected chi connectivity index (χ3v) is 4.03. The summed E-state index contributed by atoms with van der Waals surface area (Å²) in [5.41, 5.74) is 3.26. The van der Waals surface area contributed by atoms with Gasteiger partial charge < -0.3 is 10.6 Å². The Morgan fingerprint density at radius 3 is 2.42 bits per heavy atom. The maximum Gasteiger partial charge on any atom is 0.313 e. The minimum absolute atomic E-state index is 0.310. The molecule has 1 atom stereocenters. The molecule has 0 saturated carbocycles. The lowest BCUT2D eigenvalue weighted by Crippen LogP contribution is -2.37. The molecule has 1 heterocycles. The minimum Gasteiger partial charge on any atom is -0.341 e. The summed E-state index contributed by atoms with van der Waals surface area (Å²) in [5, 5.41) is 13.0. The zero-order valence-corrected chi connectivity index (χ0v) is 14.5. The fourth-order valence-electron chi connectivity index (χ4n) is 2.50. The predicted molar refractivity (Wildman–Crippen MR) is 97.7 cm³/mol. The molecule has 0 radical (unpaired) electrons. The van der Waals surface area contributed by atoms with E-state index in [9.17, 15) is 9.59 Å². The number of rotatable bonds is 4. The second-order valence-electron chi connectivity index (χ2n) is 5.90. The SMILES string of the molecule is Cc1ccccc1NC(=O)C(=O)N[C@H](C)c1ccc(-n2ccnn2)cc1. The zero-order valence-electron chi connectivity index (χ0n) is 14.5. The molecule has 2 amide bonds. The summed E-state index contributed by atoms with van der Waals surface area (Å²) in [7, 11) is 0. The van der Waals surface area contributed by atoms with E-state index in [1.165, 1.54) is 0 Å². The molecule has 0 fully saturated rings. The molecule has 0 aliphatic carbocycles. The average molecular weight is 349 g/mol. The second-order valence-corrected chi connectivity index (χ2v) is 5.90. The van der Waals surface area contributed by atoms with Crippen molar-refractivity contribution in [3.63, 3.8) is 0 Å². The Morgan fingerprint density at radius 2 is 1.77 bits per heavy atom. The Hall–Kier alpha value is -3.48. The molecular formula is C19H19N5O2. The van der Waals surface area contributed by atoms with Crippen LogP contribution in [-0.4, -0.2) is 26.8 Å². The monoisotopic (exact) mass is 349 g/mol. The van der Waals surface area contributed by atoms with Crippen molar-refractivity contribution in [1.82, 2.24) is 20.3 Å². The molecule has 0 bridgehead atoms. The molecule has 7 heteroatoms. The quantitative estimate of drug-likeness (QED) is 0.708. The molecule has 0 unspecified atom stereocenters. The molecule has 1 aromatic heterocycles. The van der Waals surface area contributed by atoms with Crippen LogP contribution in [0.1, 0.15) is 24.1 Å². The van der Waals surface area contributed by atoms with Crippen LogP contribution in [0.2, 0.25) is 0 Å². The molecule has 2 N–H and O–H groups in total. The van der Waals surface area contributed by atoms with Gasteiger partial charge in [-0.05, 0) is 43.2 Å². The first kappa shape index (κ1) is 17.3. The molecule has 0 aliphatic heterocycles. The van der Waals surface area contributed by atoms with Crippen molar-refractivity contribution >= 4 is 17.5 Å². The first-order valence-corrected chi connectivity index (χ1v) is 8.19. The van der Waals surface area contributed by atoms with Gasteiger partial charge in [-0.1, -0.05) is 35.5 Å². The number of para-hydroxylation sites is 1. The number of carbonyl (C=O) groups excluding carboxylic acids is 2. The number of hydrogen-bond donors (Lipinski definition) is 2. The molecular weight excluding hydrogens is 330 g/mol. The Labute approximate surface area is 151 Å². The number of amides is 2. The largest absolute Gasteiger partial charge is 0.341 e. The highest BCUT2D eigenvalue weighted by molar-refractivity contribution is 6.39. The van der Waals surface area contributed by atoms with Gasteiger partial charge in [0.2, 0.25) is 0 Å². The second kappa shape index (κ2) is 7.60. The van der Waals surface area contributed by atoms with Crippen LogP contribution >= 0.6 is 0 Å². The van der Waals surface area contributed by atoms with Crippen LogP contribution in [0.15, 0.2) is 60.9 Å². The fourth-order valence-corrected chi connectivity index (χ4v) is 2.50. The maximum absolute atomic E-state index is 12.2. The highest BCUT2D eigenvalue weighted by Gasteiger charge is 2.17. The van der Waals surface area contributed by atoms with Crippen molar-refractivity contribution in [1.29, 1.82) is 0 Å². The third-order valence-electron chi connectivity index (χ3n) is 4.03. The van der Waals surface area contributed by atoms with Crippen molar-refractivity contribution in [3.8, 4) is 5.69 Å². The molecule has 132 valence electrons. The summed E-state index contributed by atoms with van der Waals surface area (Å²) in [5.74, 6) is -1.37. The lowest BCUT2D eigenvalue weighted by atomic mass is 10.1. The van der Waals surface area contributed by atoms with E-state index < -0.39 is 11.8 Å². The summed E-state index contributed by atoms with van der Waals surface area (Å²) in [6.07, 6.45) is 3.35. The van der Waals surface area contributed by atoms with E-state index in [4.69, 9.17) is 0 Å². The van der Waals surface area contributed by atoms with Gasteiger partial charge in [0.25, 0.3) is 0 Å². The summed E-state index contributed by atoms with van der Waals surface area (Å²) in [6.45, 7) is 3.69. The molecule has 7 nitrogen and oxygen atoms in total. The van der Waals surface area contributed by atoms with E-state index in [0.717, 1.165) is 16.8 Å². The summed E-state index contributed by atoms with van der Waals surface area (Å²) in [6, 6.07) is 14.5. The molecule has 0 spiro atoms. The summed E-state index contributed by atoms with van der Waals surface area (Å²) >= 11 is 0. The minimum atomic E-state index is -0.689. The number of hydrogen-bond acceptors (Lipinski definition) is 4. The van der Waals surface area contributed by atoms with Gasteiger partial charge >= 0.3 is 11.8 Å². The number of aryl methyl sites for hydroxylation is 1. The van der Waals surface area contributed by atoms with Gasteiger partial charge in [0.1, 0.15) is 0 Å². The van der Waals surface area contributed by atoms with Crippen LogP contribution in [-0.2, 0) is 9.59 Å². The lowest BCUT2D eigenvalue weighted by Gasteiger charge is -2.15. The number of carbonyl (C=O) groups is 2. The van der Waals surface area contributed by atoms with Crippen molar-refractivity contribution in [2.45, 2.75) is 19.9 Å². The van der Waals surface area contributed by atoms with Gasteiger partial charge in [0, 0.05) is 5.69 Å². The molecule has 0 aliphatic rings. The molecule has 26 heavy (non-hydrogen) atoms. The number of aromatic nitrogens is 3. The highest BCUT2D eigenvalue weighted by atomic mass is 16.2. The van der Waals surface area contributed by atoms with Gasteiger partial charge in [-0.2, -0.15) is 0 Å². The van der Waals surface area contributed by atoms with Crippen LogP contribution in [0.3, 0.4) is 0 Å². The third kappa shape index (κ3) is 3.94. The molecule has 3 rings (SSSR count). The van der Waals surface area contributed by atoms with Gasteiger partial charge in [0.05, 0.1) is 24.1 Å². The van der Waals surface area contributed by atoms with E-state index in [1.807, 2.05) is 50.2 Å². The Balaban J connectivity index is 1.61. The van der Waals surface area contributed by atoms with Crippen LogP contribution in [0.25, 0.3) is 5.69 Å². The van der Waals surface area contributed by atoms with Crippen LogP contribution in [0.4, 0.5) is 5.69 Å². The van der Waals surface area contributed by atoms with Gasteiger partial charge in [-0.3, -0.25) is 9.59 Å². The van der Waals surface area contributed by atoms with Gasteiger partial charge in [-0.15, -0.1) is 5.10 Å². The zero-order chi connectivity index (χ0) is 18.5. The lowest BCUT2D eigenvalue weighted by molar-refractivity contribution is -0.136. The van der Waals surface area contributed by atoms with Crippen LogP contribution in [0, 0.1) is 6.92 Å². The summed E-state index contributed by atoms with van der Waals surface area (Å²) in [4.78, 5) is 24.2. The molecule has 2 aromatic carbocycles. The van der Waals surface area contributed by atoms with E-state index in [1.54, 1.807) is 29.2 Å². The Bertz CT molecular complexity index is 904. The van der Waals surface area contributed by atoms with Gasteiger partial charge in [-0.25, -0.2) is 4.68 Å². The number of nitrogens with one attached hydrogen (secondary N) is 2. The Morgan fingerprint density at radius 1 is 1.04 bits per heavy atom. The van der Waals surface area contributed by atoms with Crippen LogP contribution < -0.4 is 10.6 Å². The smallest absolute Gasteiger partial charge is 0.313 e. The van der Waals surface area contributed by atoms with Crippen molar-refractivity contribution in [2.24, 2.45) is 0 Å². The van der Waals surface area contributed by atoms with Gasteiger partial charge in [0.15, 0.2) is 0 Å². The van der Waals surface area contributed by atoms with Crippen LogP contribution in [0.5, 0.6) is 0 Å². The fraction of sp³-hybridized carbons (Fsp3) is 0.158. The number of benzene rings is 2. The number of nitrogens with zero attached hydrogens (tertiary/aromatic N) is 3. The summed E-state index contributed by atoms with van der Waals surface area (Å²) < 4.78 is 1.64. The van der Waals surface area contributed by atoms with Crippen molar-refractivity contribution < 1.29 is 9.59 Å². The van der Waals surface area contributed by atoms with Crippen molar-refractivity contribution in [2.75, 3.05) is 5.32 Å².